The Balaban J connectivity index is 2.25. The van der Waals surface area contributed by atoms with E-state index < -0.39 is 0 Å². The number of allylic oxidation sites excluding steroid dienone is 2. The molecule has 0 aliphatic heterocycles. The van der Waals surface area contributed by atoms with Crippen LogP contribution in [0.1, 0.15) is 11.1 Å². The number of rotatable bonds is 3. The van der Waals surface area contributed by atoms with Crippen molar-refractivity contribution in [3.05, 3.63) is 70.8 Å². The first-order valence-electron chi connectivity index (χ1n) is 7.20. The van der Waals surface area contributed by atoms with Gasteiger partial charge in [0.15, 0.2) is 0 Å². The van der Waals surface area contributed by atoms with Gasteiger partial charge in [-0.25, -0.2) is 0 Å². The van der Waals surface area contributed by atoms with Gasteiger partial charge in [-0.15, -0.1) is 25.7 Å². The Hall–Kier alpha value is -3.84. The first kappa shape index (κ1) is 16.5. The highest BCUT2D eigenvalue weighted by Gasteiger charge is 1.99. The van der Waals surface area contributed by atoms with E-state index in [0.29, 0.717) is 11.1 Å². The Morgan fingerprint density at radius 3 is 1.08 bits per heavy atom. The van der Waals surface area contributed by atoms with Crippen molar-refractivity contribution in [1.82, 2.24) is 0 Å². The second-order valence-corrected chi connectivity index (χ2v) is 4.94. The van der Waals surface area contributed by atoms with Crippen LogP contribution in [0.2, 0.25) is 0 Å². The fraction of sp³-hybridized carbons (Fsp3) is 0. The molecule has 2 rings (SSSR count). The predicted molar refractivity (Wildman–Crippen MR) is 103 cm³/mol. The molecule has 0 nitrogen and oxygen atoms in total. The molecule has 0 N–H and O–H groups in total. The largest absolute Gasteiger partial charge is 0.114 e. The van der Waals surface area contributed by atoms with Crippen molar-refractivity contribution < 1.29 is 0 Å². The van der Waals surface area contributed by atoms with Gasteiger partial charge in [0.1, 0.15) is 0 Å². The van der Waals surface area contributed by atoms with Crippen molar-refractivity contribution in [3.8, 4) is 60.5 Å². The smallest absolute Gasteiger partial charge is 0.0744 e. The van der Waals surface area contributed by atoms with E-state index in [1.807, 2.05) is 48.5 Å². The molecule has 2 aromatic rings. The first-order chi connectivity index (χ1) is 11.7. The van der Waals surface area contributed by atoms with Gasteiger partial charge in [-0.2, -0.15) is 0 Å². The molecule has 0 spiro atoms. The molecule has 0 fully saturated rings. The molecular weight excluding hydrogens is 288 g/mol. The van der Waals surface area contributed by atoms with Crippen LogP contribution in [-0.4, -0.2) is 0 Å². The number of hydrogen-bond donors (Lipinski definition) is 0. The fourth-order valence-corrected chi connectivity index (χ4v) is 2.13. The third-order valence-corrected chi connectivity index (χ3v) is 3.40. The summed E-state index contributed by atoms with van der Waals surface area (Å²) in [5, 5.41) is 0. The van der Waals surface area contributed by atoms with Crippen LogP contribution in [0, 0.1) is 49.4 Å². The molecule has 0 aliphatic carbocycles. The maximum absolute atomic E-state index is 5.33. The summed E-state index contributed by atoms with van der Waals surface area (Å²) in [6.45, 7) is 0. The molecule has 2 aromatic carbocycles. The lowest BCUT2D eigenvalue weighted by Crippen LogP contribution is -1.81. The van der Waals surface area contributed by atoms with Crippen LogP contribution in [0.3, 0.4) is 0 Å². The summed E-state index contributed by atoms with van der Waals surface area (Å²) < 4.78 is 0. The van der Waals surface area contributed by atoms with E-state index in [9.17, 15) is 0 Å². The van der Waals surface area contributed by atoms with Crippen molar-refractivity contribution in [1.29, 1.82) is 0 Å². The highest BCUT2D eigenvalue weighted by Crippen LogP contribution is 2.22. The third-order valence-electron chi connectivity index (χ3n) is 3.40. The summed E-state index contributed by atoms with van der Waals surface area (Å²) in [5.41, 5.74) is 5.18. The second-order valence-electron chi connectivity index (χ2n) is 4.94. The van der Waals surface area contributed by atoms with Gasteiger partial charge in [-0.05, 0) is 34.4 Å². The van der Waals surface area contributed by atoms with E-state index in [1.165, 1.54) is 0 Å². The zero-order valence-electron chi connectivity index (χ0n) is 13.1. The van der Waals surface area contributed by atoms with E-state index in [0.717, 1.165) is 22.3 Å². The molecule has 0 radical (unpaired) electrons. The maximum Gasteiger partial charge on any atom is 0.0744 e. The molecule has 0 heteroatoms. The molecule has 24 heavy (non-hydrogen) atoms. The van der Waals surface area contributed by atoms with Gasteiger partial charge in [-0.3, -0.25) is 0 Å². The van der Waals surface area contributed by atoms with Gasteiger partial charge >= 0.3 is 0 Å². The zero-order valence-corrected chi connectivity index (χ0v) is 13.1. The van der Waals surface area contributed by atoms with Crippen LogP contribution in [-0.2, 0) is 0 Å². The highest BCUT2D eigenvalue weighted by molar-refractivity contribution is 5.71. The van der Waals surface area contributed by atoms with Crippen molar-refractivity contribution >= 4 is 12.2 Å². The summed E-state index contributed by atoms with van der Waals surface area (Å²) in [6, 6.07) is 16.0. The van der Waals surface area contributed by atoms with Crippen LogP contribution in [0.15, 0.2) is 59.7 Å². The van der Waals surface area contributed by atoms with Gasteiger partial charge in [0.25, 0.3) is 0 Å². The second kappa shape index (κ2) is 7.97. The molecule has 0 unspecified atom stereocenters. The van der Waals surface area contributed by atoms with E-state index in [1.54, 1.807) is 12.2 Å². The lowest BCUT2D eigenvalue weighted by molar-refractivity contribution is 1.58. The van der Waals surface area contributed by atoms with Crippen molar-refractivity contribution in [3.63, 3.8) is 0 Å². The number of hydrogen-bond acceptors (Lipinski definition) is 0. The van der Waals surface area contributed by atoms with Crippen LogP contribution in [0.5, 0.6) is 0 Å². The Morgan fingerprint density at radius 1 is 0.542 bits per heavy atom. The monoisotopic (exact) mass is 302 g/mol. The standard InChI is InChI=1S/C24H14/c1-5-19(6-2)17-21-9-13-23(14-10-21)24-15-11-22(12-16-24)18-20(7-3)8-4/h1-4,9-18H. The van der Waals surface area contributed by atoms with Gasteiger partial charge in [0, 0.05) is 0 Å². The van der Waals surface area contributed by atoms with Gasteiger partial charge in [0.05, 0.1) is 11.1 Å². The minimum absolute atomic E-state index is 0.525. The number of terminal acetylenes is 4. The molecular formula is C24H14. The molecule has 0 atom stereocenters. The van der Waals surface area contributed by atoms with Crippen molar-refractivity contribution in [2.24, 2.45) is 0 Å². The normalized spacial score (nSPS) is 8.67. The van der Waals surface area contributed by atoms with E-state index in [4.69, 9.17) is 25.7 Å². The van der Waals surface area contributed by atoms with E-state index in [-0.39, 0.29) is 0 Å². The third kappa shape index (κ3) is 4.09. The quantitative estimate of drug-likeness (QED) is 0.724. The minimum Gasteiger partial charge on any atom is -0.114 e. The fourth-order valence-electron chi connectivity index (χ4n) is 2.13. The first-order valence-corrected chi connectivity index (χ1v) is 7.20. The number of benzene rings is 2. The van der Waals surface area contributed by atoms with Gasteiger partial charge in [0.2, 0.25) is 0 Å². The Labute approximate surface area is 143 Å². The summed E-state index contributed by atoms with van der Waals surface area (Å²) in [6.07, 6.45) is 24.9. The lowest BCUT2D eigenvalue weighted by atomic mass is 10.0. The zero-order chi connectivity index (χ0) is 17.4. The SMILES string of the molecule is C#CC(C#C)=Cc1ccc(-c2ccc(C=C(C#C)C#C)cc2)cc1. The summed E-state index contributed by atoms with van der Waals surface area (Å²) in [5.74, 6) is 9.88. The van der Waals surface area contributed by atoms with Gasteiger partial charge < -0.3 is 0 Å². The molecule has 0 saturated heterocycles. The topological polar surface area (TPSA) is 0 Å². The van der Waals surface area contributed by atoms with Crippen molar-refractivity contribution in [2.45, 2.75) is 0 Å². The molecule has 0 bridgehead atoms. The van der Waals surface area contributed by atoms with Crippen LogP contribution >= 0.6 is 0 Å². The highest BCUT2D eigenvalue weighted by atomic mass is 14.0. The Kier molecular flexibility index (Phi) is 5.49. The molecule has 0 aliphatic rings. The van der Waals surface area contributed by atoms with E-state index in [2.05, 4.69) is 23.7 Å². The molecule has 0 aromatic heterocycles. The van der Waals surface area contributed by atoms with Crippen molar-refractivity contribution in [2.75, 3.05) is 0 Å². The summed E-state index contributed by atoms with van der Waals surface area (Å²) in [4.78, 5) is 0. The van der Waals surface area contributed by atoms with Crippen LogP contribution in [0.25, 0.3) is 23.3 Å². The van der Waals surface area contributed by atoms with Gasteiger partial charge in [-0.1, -0.05) is 72.2 Å². The molecule has 0 amide bonds. The Bertz CT molecular complexity index is 834. The van der Waals surface area contributed by atoms with E-state index >= 15 is 0 Å². The summed E-state index contributed by atoms with van der Waals surface area (Å²) in [7, 11) is 0. The Morgan fingerprint density at radius 2 is 0.833 bits per heavy atom. The molecule has 110 valence electrons. The van der Waals surface area contributed by atoms with Crippen LogP contribution in [0.4, 0.5) is 0 Å². The maximum atomic E-state index is 5.33. The lowest BCUT2D eigenvalue weighted by Gasteiger charge is -2.03. The average molecular weight is 302 g/mol. The minimum atomic E-state index is 0.525. The molecule has 0 heterocycles. The van der Waals surface area contributed by atoms with Crippen LogP contribution < -0.4 is 0 Å². The molecule has 0 saturated carbocycles. The average Bonchev–Trinajstić information content (AvgIpc) is 2.65. The summed E-state index contributed by atoms with van der Waals surface area (Å²) >= 11 is 0. The predicted octanol–water partition coefficient (Wildman–Crippen LogP) is 4.65.